The van der Waals surface area contributed by atoms with Crippen LogP contribution in [0.4, 0.5) is 13.2 Å². The molecule has 1 saturated heterocycles. The van der Waals surface area contributed by atoms with Crippen molar-refractivity contribution >= 4 is 33.5 Å². The highest BCUT2D eigenvalue weighted by Crippen LogP contribution is 2.36. The molecule has 1 N–H and O–H groups in total. The lowest BCUT2D eigenvalue weighted by molar-refractivity contribution is -0.159. The van der Waals surface area contributed by atoms with E-state index < -0.39 is 55.6 Å². The Morgan fingerprint density at radius 3 is 2.45 bits per heavy atom. The number of alkyl halides is 3. The van der Waals surface area contributed by atoms with E-state index >= 15 is 0 Å². The van der Waals surface area contributed by atoms with Gasteiger partial charge >= 0.3 is 12.1 Å². The third-order valence-electron chi connectivity index (χ3n) is 4.88. The van der Waals surface area contributed by atoms with Gasteiger partial charge in [0, 0.05) is 19.6 Å². The summed E-state index contributed by atoms with van der Waals surface area (Å²) in [5.74, 6) is -1.63. The molecule has 1 aromatic rings. The molecule has 0 aliphatic carbocycles. The average molecular weight is 485 g/mol. The zero-order chi connectivity index (χ0) is 23.4. The smallest absolute Gasteiger partial charge is 0.417 e. The van der Waals surface area contributed by atoms with Crippen LogP contribution in [0.15, 0.2) is 23.1 Å². The number of amides is 1. The second kappa shape index (κ2) is 10.2. The topological polar surface area (TPSA) is 92.8 Å². The first kappa shape index (κ1) is 25.4. The number of sulfonamides is 1. The highest BCUT2D eigenvalue weighted by Gasteiger charge is 2.37. The lowest BCUT2D eigenvalue weighted by Gasteiger charge is -2.30. The van der Waals surface area contributed by atoms with Crippen molar-refractivity contribution in [3.8, 4) is 0 Å². The number of hydrogen-bond acceptors (Lipinski definition) is 5. The maximum absolute atomic E-state index is 13.1. The maximum atomic E-state index is 13.1. The van der Waals surface area contributed by atoms with Crippen LogP contribution in [0.3, 0.4) is 0 Å². The molecule has 0 bridgehead atoms. The Balaban J connectivity index is 2.02. The molecule has 1 aromatic carbocycles. The lowest BCUT2D eigenvalue weighted by Crippen LogP contribution is -2.42. The van der Waals surface area contributed by atoms with Gasteiger partial charge in [-0.2, -0.15) is 17.5 Å². The fourth-order valence-electron chi connectivity index (χ4n) is 3.08. The van der Waals surface area contributed by atoms with Crippen molar-refractivity contribution in [1.29, 1.82) is 0 Å². The summed E-state index contributed by atoms with van der Waals surface area (Å²) in [6, 6.07) is 2.42. The summed E-state index contributed by atoms with van der Waals surface area (Å²) >= 11 is 5.55. The van der Waals surface area contributed by atoms with Crippen LogP contribution in [-0.4, -0.2) is 50.3 Å². The van der Waals surface area contributed by atoms with Gasteiger partial charge in [0.2, 0.25) is 10.0 Å². The normalized spacial score (nSPS) is 17.2. The molecule has 1 fully saturated rings. The number of benzene rings is 1. The van der Waals surface area contributed by atoms with Crippen molar-refractivity contribution in [3.05, 3.63) is 28.8 Å². The Kier molecular flexibility index (Phi) is 8.34. The molecule has 7 nitrogen and oxygen atoms in total. The molecule has 1 amide bonds. The fraction of sp³-hybridized carbons (Fsp3) is 0.579. The van der Waals surface area contributed by atoms with Gasteiger partial charge in [-0.3, -0.25) is 9.59 Å². The Bertz CT molecular complexity index is 916. The summed E-state index contributed by atoms with van der Waals surface area (Å²) in [6.07, 6.45) is -4.78. The van der Waals surface area contributed by atoms with E-state index in [9.17, 15) is 31.2 Å². The SMILES string of the molecule is CCCNC(=O)C(C)OC(=O)C1CCN(S(=O)(=O)c2ccc(Cl)c(C(F)(F)F)c2)CC1. The second-order valence-electron chi connectivity index (χ2n) is 7.19. The van der Waals surface area contributed by atoms with Crippen molar-refractivity contribution in [2.24, 2.45) is 5.92 Å². The highest BCUT2D eigenvalue weighted by atomic mass is 35.5. The number of rotatable bonds is 7. The summed E-state index contributed by atoms with van der Waals surface area (Å²) in [5.41, 5.74) is -1.23. The molecule has 0 saturated carbocycles. The van der Waals surface area contributed by atoms with Crippen molar-refractivity contribution in [2.45, 2.75) is 50.3 Å². The van der Waals surface area contributed by atoms with Crippen molar-refractivity contribution in [2.75, 3.05) is 19.6 Å². The van der Waals surface area contributed by atoms with E-state index in [0.29, 0.717) is 12.6 Å². The van der Waals surface area contributed by atoms with Gasteiger partial charge in [-0.15, -0.1) is 0 Å². The first-order valence-electron chi connectivity index (χ1n) is 9.73. The first-order chi connectivity index (χ1) is 14.4. The molecule has 1 unspecified atom stereocenters. The summed E-state index contributed by atoms with van der Waals surface area (Å²) in [5, 5.41) is 2.02. The molecular formula is C19H24ClF3N2O5S. The van der Waals surface area contributed by atoms with E-state index in [1.165, 1.54) is 6.92 Å². The number of carbonyl (C=O) groups excluding carboxylic acids is 2. The minimum absolute atomic E-state index is 0.0670. The summed E-state index contributed by atoms with van der Waals surface area (Å²) in [6.45, 7) is 3.65. The molecule has 0 aromatic heterocycles. The van der Waals surface area contributed by atoms with Gasteiger partial charge < -0.3 is 10.1 Å². The third kappa shape index (κ3) is 6.33. The predicted molar refractivity (Wildman–Crippen MR) is 107 cm³/mol. The van der Waals surface area contributed by atoms with Crippen molar-refractivity contribution < 1.29 is 35.9 Å². The number of hydrogen-bond donors (Lipinski definition) is 1. The molecule has 1 aliphatic rings. The number of ether oxygens (including phenoxy) is 1. The van der Waals surface area contributed by atoms with E-state index in [2.05, 4.69) is 5.32 Å². The largest absolute Gasteiger partial charge is 0.452 e. The maximum Gasteiger partial charge on any atom is 0.417 e. The summed E-state index contributed by atoms with van der Waals surface area (Å²) in [4.78, 5) is 23.6. The molecule has 2 rings (SSSR count). The second-order valence-corrected chi connectivity index (χ2v) is 9.53. The molecule has 1 aliphatic heterocycles. The number of halogens is 4. The summed E-state index contributed by atoms with van der Waals surface area (Å²) in [7, 11) is -4.20. The first-order valence-corrected chi connectivity index (χ1v) is 11.5. The molecule has 1 heterocycles. The number of piperidine rings is 1. The Hall–Kier alpha value is -1.85. The molecule has 31 heavy (non-hydrogen) atoms. The van der Waals surface area contributed by atoms with Crippen LogP contribution >= 0.6 is 11.6 Å². The minimum Gasteiger partial charge on any atom is -0.452 e. The summed E-state index contributed by atoms with van der Waals surface area (Å²) < 4.78 is 70.9. The molecule has 0 spiro atoms. The molecule has 1 atom stereocenters. The van der Waals surface area contributed by atoms with Gasteiger partial charge in [-0.05, 0) is 44.4 Å². The molecule has 12 heteroatoms. The van der Waals surface area contributed by atoms with E-state index in [1.54, 1.807) is 0 Å². The van der Waals surface area contributed by atoms with Gasteiger partial charge in [-0.25, -0.2) is 8.42 Å². The third-order valence-corrected chi connectivity index (χ3v) is 7.10. The zero-order valence-corrected chi connectivity index (χ0v) is 18.6. The van der Waals surface area contributed by atoms with Gasteiger partial charge in [0.15, 0.2) is 6.10 Å². The monoisotopic (exact) mass is 484 g/mol. The Morgan fingerprint density at radius 1 is 1.29 bits per heavy atom. The fourth-order valence-corrected chi connectivity index (χ4v) is 4.80. The van der Waals surface area contributed by atoms with Crippen LogP contribution in [0.2, 0.25) is 5.02 Å². The zero-order valence-electron chi connectivity index (χ0n) is 17.0. The van der Waals surface area contributed by atoms with Crippen molar-refractivity contribution in [1.82, 2.24) is 9.62 Å². The average Bonchev–Trinajstić information content (AvgIpc) is 2.71. The van der Waals surface area contributed by atoms with E-state index in [1.807, 2.05) is 6.92 Å². The van der Waals surface area contributed by atoms with Gasteiger partial charge in [0.1, 0.15) is 0 Å². The quantitative estimate of drug-likeness (QED) is 0.600. The predicted octanol–water partition coefficient (Wildman–Crippen LogP) is 3.22. The van der Waals surface area contributed by atoms with Gasteiger partial charge in [0.25, 0.3) is 5.91 Å². The number of carbonyl (C=O) groups is 2. The lowest BCUT2D eigenvalue weighted by atomic mass is 9.98. The van der Waals surface area contributed by atoms with E-state index in [0.717, 1.165) is 22.9 Å². The minimum atomic E-state index is -4.79. The van der Waals surface area contributed by atoms with Gasteiger partial charge in [0.05, 0.1) is 21.4 Å². The molecular weight excluding hydrogens is 461 g/mol. The van der Waals surface area contributed by atoms with Crippen LogP contribution in [0.25, 0.3) is 0 Å². The number of esters is 1. The highest BCUT2D eigenvalue weighted by molar-refractivity contribution is 7.89. The van der Waals surface area contributed by atoms with E-state index in [-0.39, 0.29) is 25.9 Å². The van der Waals surface area contributed by atoms with Gasteiger partial charge in [-0.1, -0.05) is 18.5 Å². The molecule has 174 valence electrons. The van der Waals surface area contributed by atoms with E-state index in [4.69, 9.17) is 16.3 Å². The number of nitrogens with one attached hydrogen (secondary N) is 1. The van der Waals surface area contributed by atoms with Crippen LogP contribution in [0, 0.1) is 5.92 Å². The van der Waals surface area contributed by atoms with Crippen molar-refractivity contribution in [3.63, 3.8) is 0 Å². The van der Waals surface area contributed by atoms with Crippen LogP contribution in [0.5, 0.6) is 0 Å². The Morgan fingerprint density at radius 2 is 1.90 bits per heavy atom. The van der Waals surface area contributed by atoms with Crippen LogP contribution < -0.4 is 5.32 Å². The molecule has 0 radical (unpaired) electrons. The standard InChI is InChI=1S/C19H24ClF3N2O5S/c1-3-8-24-17(26)12(2)30-18(27)13-6-9-25(10-7-13)31(28,29)14-4-5-16(20)15(11-14)19(21,22)23/h4-5,11-13H,3,6-10H2,1-2H3,(H,24,26). The van der Waals surface area contributed by atoms with Crippen LogP contribution in [-0.2, 0) is 30.5 Å². The van der Waals surface area contributed by atoms with Crippen LogP contribution in [0.1, 0.15) is 38.7 Å². The number of nitrogens with zero attached hydrogens (tertiary/aromatic N) is 1. The Labute approximate surface area is 183 Å².